The lowest BCUT2D eigenvalue weighted by atomic mass is 9.80. The van der Waals surface area contributed by atoms with Crippen molar-refractivity contribution in [3.8, 4) is 11.4 Å². The van der Waals surface area contributed by atoms with Gasteiger partial charge in [-0.1, -0.05) is 36.2 Å². The number of hydrogen-bond acceptors (Lipinski definition) is 9. The number of halogens is 7. The summed E-state index contributed by atoms with van der Waals surface area (Å²) >= 11 is 6.91. The molecule has 0 saturated heterocycles. The highest BCUT2D eigenvalue weighted by Crippen LogP contribution is 2.68. The maximum absolute atomic E-state index is 15.7. The standard InChI is InChI=1S/C48H41ClF6N8O6S/c1-60-41-36(14-13-33(49)39(41)46(59-60)62(70(3,67)68)21-23-7-10-29(69-2)11-8-23)63-45(57-34-18-26(9-12-30(34)47(63)66)42(65)25-5-4-6-25)35(17-24-15-27(50)19-28(51)16-24)56-37(64)22-61-43-38(40(58-61)44(52)53)31-20-32(31)48(43,54)55/h7-16,18-19,25,31-32,35,44H,4-6,17,20-22H2,1-3H3,(H,56,64)/t31-,32+,35-/m0/s1. The minimum Gasteiger partial charge on any atom is -0.497 e. The van der Waals surface area contributed by atoms with Crippen molar-refractivity contribution < 1.29 is 49.1 Å². The zero-order valence-electron chi connectivity index (χ0n) is 37.4. The van der Waals surface area contributed by atoms with Gasteiger partial charge in [0, 0.05) is 42.5 Å². The summed E-state index contributed by atoms with van der Waals surface area (Å²) in [6.45, 7) is -1.23. The van der Waals surface area contributed by atoms with Crippen molar-refractivity contribution in [2.24, 2.45) is 18.9 Å². The van der Waals surface area contributed by atoms with Crippen molar-refractivity contribution >= 4 is 60.9 Å². The fourth-order valence-electron chi connectivity index (χ4n) is 9.79. The van der Waals surface area contributed by atoms with E-state index in [1.54, 1.807) is 24.3 Å². The van der Waals surface area contributed by atoms with E-state index in [9.17, 15) is 35.6 Å². The van der Waals surface area contributed by atoms with Gasteiger partial charge in [0.15, 0.2) is 11.6 Å². The molecular weight excluding hydrogens is 966 g/mol. The van der Waals surface area contributed by atoms with Crippen molar-refractivity contribution in [1.29, 1.82) is 0 Å². The van der Waals surface area contributed by atoms with Gasteiger partial charge < -0.3 is 10.1 Å². The number of fused-ring (bicyclic) bond motifs is 5. The number of rotatable bonds is 15. The lowest BCUT2D eigenvalue weighted by molar-refractivity contribution is -0.123. The van der Waals surface area contributed by atoms with Crippen LogP contribution < -0.4 is 19.9 Å². The number of nitrogens with zero attached hydrogens (tertiary/aromatic N) is 7. The van der Waals surface area contributed by atoms with Gasteiger partial charge >= 0.3 is 0 Å². The Balaban J connectivity index is 1.17. The summed E-state index contributed by atoms with van der Waals surface area (Å²) in [4.78, 5) is 48.0. The van der Waals surface area contributed by atoms with E-state index in [-0.39, 0.29) is 85.5 Å². The van der Waals surface area contributed by atoms with E-state index in [1.807, 2.05) is 0 Å². The molecule has 4 aromatic carbocycles. The number of carbonyl (C=O) groups excluding carboxylic acids is 2. The van der Waals surface area contributed by atoms with Crippen LogP contribution in [-0.4, -0.2) is 62.6 Å². The highest BCUT2D eigenvalue weighted by Gasteiger charge is 2.67. The molecule has 2 fully saturated rings. The first-order valence-electron chi connectivity index (χ1n) is 22.1. The van der Waals surface area contributed by atoms with Crippen molar-refractivity contribution in [3.63, 3.8) is 0 Å². The molecule has 10 rings (SSSR count). The molecule has 14 nitrogen and oxygen atoms in total. The number of anilines is 1. The van der Waals surface area contributed by atoms with Crippen LogP contribution in [0.4, 0.5) is 32.2 Å². The predicted molar refractivity (Wildman–Crippen MR) is 245 cm³/mol. The zero-order chi connectivity index (χ0) is 49.7. The first-order chi connectivity index (χ1) is 33.2. The molecule has 0 unspecified atom stereocenters. The Kier molecular flexibility index (Phi) is 11.6. The number of ketones is 1. The molecule has 3 aromatic heterocycles. The topological polar surface area (TPSA) is 163 Å². The Hall–Kier alpha value is -6.74. The SMILES string of the molecule is COc1ccc(CN(c2nn(C)c3c(-n4c([C@H](Cc5cc(F)cc(F)c5)NC(=O)Cn5nc(C(F)F)c6c5C(F)(F)[C@@H]5C[C@H]65)nc5cc(C(=O)C6CCC6)ccc5c4=O)ccc(Cl)c23)S(C)(=O)=O)cc1. The molecule has 0 aliphatic heterocycles. The molecule has 0 bridgehead atoms. The number of amides is 1. The molecule has 70 heavy (non-hydrogen) atoms. The second kappa shape index (κ2) is 17.3. The number of Topliss-reactive ketones (excluding diaryl/α,β-unsaturated/α-hetero) is 1. The van der Waals surface area contributed by atoms with Crippen molar-refractivity contribution in [1.82, 2.24) is 34.4 Å². The molecule has 3 heterocycles. The summed E-state index contributed by atoms with van der Waals surface area (Å²) in [5.41, 5.74) is -1.99. The lowest BCUT2D eigenvalue weighted by Gasteiger charge is -2.25. The van der Waals surface area contributed by atoms with Gasteiger partial charge in [0.1, 0.15) is 41.1 Å². The van der Waals surface area contributed by atoms with Crippen LogP contribution in [0.3, 0.4) is 0 Å². The van der Waals surface area contributed by atoms with Gasteiger partial charge in [-0.2, -0.15) is 19.0 Å². The Morgan fingerprint density at radius 1 is 0.986 bits per heavy atom. The molecule has 3 aliphatic rings. The second-order valence-corrected chi connectivity index (χ2v) is 20.3. The Morgan fingerprint density at radius 3 is 2.34 bits per heavy atom. The molecule has 364 valence electrons. The Labute approximate surface area is 399 Å². The van der Waals surface area contributed by atoms with Gasteiger partial charge in [-0.05, 0) is 84.8 Å². The van der Waals surface area contributed by atoms with E-state index in [2.05, 4.69) is 15.5 Å². The fraction of sp³-hybridized carbons (Fsp3) is 0.333. The van der Waals surface area contributed by atoms with Crippen molar-refractivity contribution in [2.75, 3.05) is 17.7 Å². The summed E-state index contributed by atoms with van der Waals surface area (Å²) in [5, 5.41) is 11.1. The van der Waals surface area contributed by atoms with Crippen LogP contribution in [0.25, 0.3) is 27.5 Å². The van der Waals surface area contributed by atoms with Crippen LogP contribution in [0.2, 0.25) is 5.02 Å². The summed E-state index contributed by atoms with van der Waals surface area (Å²) in [6.07, 6.45) is -0.584. The quantitative estimate of drug-likeness (QED) is 0.0783. The van der Waals surface area contributed by atoms with E-state index in [0.29, 0.717) is 34.9 Å². The number of benzene rings is 4. The number of sulfonamides is 1. The summed E-state index contributed by atoms with van der Waals surface area (Å²) in [5.74, 6) is -9.07. The normalized spacial score (nSPS) is 17.6. The maximum atomic E-state index is 15.7. The van der Waals surface area contributed by atoms with E-state index in [0.717, 1.165) is 33.7 Å². The molecule has 22 heteroatoms. The number of alkyl halides is 4. The molecule has 0 spiro atoms. The fourth-order valence-corrected chi connectivity index (χ4v) is 10.9. The zero-order valence-corrected chi connectivity index (χ0v) is 39.0. The first kappa shape index (κ1) is 47.0. The summed E-state index contributed by atoms with van der Waals surface area (Å²) in [7, 11) is -1.16. The van der Waals surface area contributed by atoms with Crippen LogP contribution in [-0.2, 0) is 47.3 Å². The third kappa shape index (κ3) is 8.15. The molecule has 3 aliphatic carbocycles. The molecule has 1 amide bonds. The second-order valence-electron chi connectivity index (χ2n) is 18.0. The number of hydrogen-bond donors (Lipinski definition) is 1. The Bertz CT molecular complexity index is 3470. The van der Waals surface area contributed by atoms with Crippen molar-refractivity contribution in [2.45, 2.75) is 69.5 Å². The van der Waals surface area contributed by atoms with E-state index >= 15 is 13.6 Å². The van der Waals surface area contributed by atoms with Gasteiger partial charge in [0.2, 0.25) is 15.9 Å². The highest BCUT2D eigenvalue weighted by atomic mass is 35.5. The van der Waals surface area contributed by atoms with E-state index in [1.165, 1.54) is 49.2 Å². The van der Waals surface area contributed by atoms with Crippen LogP contribution in [0.5, 0.6) is 5.75 Å². The molecule has 1 N–H and O–H groups in total. The number of methoxy groups -OCH3 is 1. The van der Waals surface area contributed by atoms with Crippen molar-refractivity contribution in [3.05, 3.63) is 139 Å². The third-order valence-electron chi connectivity index (χ3n) is 13.4. The van der Waals surface area contributed by atoms with Crippen LogP contribution in [0, 0.1) is 23.5 Å². The predicted octanol–water partition coefficient (Wildman–Crippen LogP) is 8.60. The summed E-state index contributed by atoms with van der Waals surface area (Å²) in [6, 6.07) is 14.7. The van der Waals surface area contributed by atoms with E-state index in [4.69, 9.17) is 21.3 Å². The molecule has 7 aromatic rings. The third-order valence-corrected chi connectivity index (χ3v) is 14.8. The minimum absolute atomic E-state index is 0.0113. The monoisotopic (exact) mass is 1010 g/mol. The molecule has 0 radical (unpaired) electrons. The largest absolute Gasteiger partial charge is 0.497 e. The smallest absolute Gasteiger partial charge is 0.293 e. The number of aromatic nitrogens is 6. The van der Waals surface area contributed by atoms with Gasteiger partial charge in [-0.25, -0.2) is 35.3 Å². The van der Waals surface area contributed by atoms with Crippen LogP contribution in [0.1, 0.15) is 88.3 Å². The number of nitrogens with one attached hydrogen (secondary N) is 1. The average molecular weight is 1010 g/mol. The van der Waals surface area contributed by atoms with Gasteiger partial charge in [0.25, 0.3) is 17.9 Å². The number of aryl methyl sites for hydroxylation is 1. The van der Waals surface area contributed by atoms with Crippen LogP contribution in [0.15, 0.2) is 77.6 Å². The van der Waals surface area contributed by atoms with Gasteiger partial charge in [0.05, 0.1) is 58.5 Å². The molecular formula is C48H41ClF6N8O6S. The molecule has 3 atom stereocenters. The Morgan fingerprint density at radius 2 is 1.70 bits per heavy atom. The van der Waals surface area contributed by atoms with Gasteiger partial charge in [-0.15, -0.1) is 0 Å². The lowest BCUT2D eigenvalue weighted by Crippen LogP contribution is -2.38. The maximum Gasteiger partial charge on any atom is 0.293 e. The first-order valence-corrected chi connectivity index (χ1v) is 24.3. The minimum atomic E-state index is -4.12. The summed E-state index contributed by atoms with van der Waals surface area (Å²) < 4.78 is 126. The van der Waals surface area contributed by atoms with Gasteiger partial charge in [-0.3, -0.25) is 28.3 Å². The van der Waals surface area contributed by atoms with Crippen LogP contribution >= 0.6 is 11.6 Å². The highest BCUT2D eigenvalue weighted by molar-refractivity contribution is 7.92. The van der Waals surface area contributed by atoms with E-state index < -0.39 is 87.7 Å². The number of ether oxygens (including phenoxy) is 1. The average Bonchev–Trinajstić information content (AvgIpc) is 3.81. The number of carbonyl (C=O) groups is 2. The molecule has 2 saturated carbocycles.